The fourth-order valence-electron chi connectivity index (χ4n) is 3.19. The van der Waals surface area contributed by atoms with Crippen molar-refractivity contribution in [1.29, 1.82) is 0 Å². The molecule has 2 aromatic carbocycles. The van der Waals surface area contributed by atoms with E-state index >= 15 is 0 Å². The molecule has 1 aliphatic rings. The molecule has 5 heteroatoms. The van der Waals surface area contributed by atoms with Gasteiger partial charge in [-0.25, -0.2) is 0 Å². The number of carbonyl (C=O) groups excluding carboxylic acids is 1. The summed E-state index contributed by atoms with van der Waals surface area (Å²) in [5.74, 6) is 0.662. The molecule has 1 fully saturated rings. The van der Waals surface area contributed by atoms with Gasteiger partial charge < -0.3 is 9.64 Å². The number of hydrogen-bond acceptors (Lipinski definition) is 4. The Hall–Kier alpha value is -2.95. The van der Waals surface area contributed by atoms with Gasteiger partial charge in [0.05, 0.1) is 6.20 Å². The number of fused-ring (bicyclic) bond motifs is 1. The van der Waals surface area contributed by atoms with E-state index in [1.54, 1.807) is 6.20 Å². The zero-order valence-corrected chi connectivity index (χ0v) is 13.8. The van der Waals surface area contributed by atoms with Gasteiger partial charge in [-0.3, -0.25) is 4.79 Å². The molecule has 0 bridgehead atoms. The fraction of sp³-hybridized carbons (Fsp3) is 0.250. The average molecular weight is 333 g/mol. The normalized spacial score (nSPS) is 15.3. The maximum Gasteiger partial charge on any atom is 0.253 e. The van der Waals surface area contributed by atoms with E-state index in [9.17, 15) is 4.79 Å². The van der Waals surface area contributed by atoms with E-state index in [-0.39, 0.29) is 12.0 Å². The third-order valence-electron chi connectivity index (χ3n) is 4.56. The molecule has 1 aliphatic heterocycles. The number of nitrogens with zero attached hydrogens (tertiary/aromatic N) is 3. The molecule has 1 amide bonds. The van der Waals surface area contributed by atoms with Crippen LogP contribution in [-0.2, 0) is 0 Å². The maximum absolute atomic E-state index is 12.5. The highest BCUT2D eigenvalue weighted by atomic mass is 16.5. The summed E-state index contributed by atoms with van der Waals surface area (Å²) in [5, 5.41) is 10.2. The van der Waals surface area contributed by atoms with Gasteiger partial charge in [0.15, 0.2) is 0 Å². The van der Waals surface area contributed by atoms with Crippen LogP contribution in [0.15, 0.2) is 60.8 Å². The Labute approximate surface area is 146 Å². The van der Waals surface area contributed by atoms with Gasteiger partial charge in [0.1, 0.15) is 6.10 Å². The van der Waals surface area contributed by atoms with Gasteiger partial charge in [-0.05, 0) is 18.2 Å². The number of benzene rings is 2. The molecule has 2 heterocycles. The highest BCUT2D eigenvalue weighted by Gasteiger charge is 2.25. The predicted octanol–water partition coefficient (Wildman–Crippen LogP) is 3.31. The second kappa shape index (κ2) is 6.89. The summed E-state index contributed by atoms with van der Waals surface area (Å²) in [6, 6.07) is 17.4. The third-order valence-corrected chi connectivity index (χ3v) is 4.56. The molecule has 0 spiro atoms. The van der Waals surface area contributed by atoms with Crippen LogP contribution in [0.25, 0.3) is 10.8 Å². The third kappa shape index (κ3) is 3.31. The van der Waals surface area contributed by atoms with Crippen LogP contribution in [0.4, 0.5) is 0 Å². The first-order chi connectivity index (χ1) is 12.3. The molecule has 0 radical (unpaired) electrons. The smallest absolute Gasteiger partial charge is 0.253 e. The Morgan fingerprint density at radius 3 is 2.52 bits per heavy atom. The molecule has 0 unspecified atom stereocenters. The number of likely N-dealkylation sites (tertiary alicyclic amines) is 1. The minimum Gasteiger partial charge on any atom is -0.473 e. The van der Waals surface area contributed by atoms with Crippen LogP contribution in [0.5, 0.6) is 5.88 Å². The summed E-state index contributed by atoms with van der Waals surface area (Å²) in [7, 11) is 0. The molecule has 25 heavy (non-hydrogen) atoms. The van der Waals surface area contributed by atoms with Crippen LogP contribution in [0.3, 0.4) is 0 Å². The van der Waals surface area contributed by atoms with Crippen molar-refractivity contribution in [3.05, 3.63) is 66.4 Å². The molecule has 4 rings (SSSR count). The topological polar surface area (TPSA) is 55.3 Å². The van der Waals surface area contributed by atoms with Crippen molar-refractivity contribution in [2.45, 2.75) is 18.9 Å². The van der Waals surface area contributed by atoms with Crippen molar-refractivity contribution in [1.82, 2.24) is 15.1 Å². The van der Waals surface area contributed by atoms with E-state index in [4.69, 9.17) is 4.74 Å². The zero-order valence-electron chi connectivity index (χ0n) is 13.8. The van der Waals surface area contributed by atoms with E-state index in [1.807, 2.05) is 59.5 Å². The van der Waals surface area contributed by atoms with E-state index in [2.05, 4.69) is 10.2 Å². The van der Waals surface area contributed by atoms with Gasteiger partial charge in [-0.1, -0.05) is 36.4 Å². The molecular weight excluding hydrogens is 314 g/mol. The summed E-state index contributed by atoms with van der Waals surface area (Å²) < 4.78 is 6.09. The monoisotopic (exact) mass is 333 g/mol. The van der Waals surface area contributed by atoms with E-state index in [1.165, 1.54) is 0 Å². The first-order valence-electron chi connectivity index (χ1n) is 8.53. The van der Waals surface area contributed by atoms with Crippen LogP contribution in [0.1, 0.15) is 23.2 Å². The van der Waals surface area contributed by atoms with Gasteiger partial charge in [0.2, 0.25) is 5.88 Å². The molecule has 5 nitrogen and oxygen atoms in total. The molecule has 1 aromatic heterocycles. The van der Waals surface area contributed by atoms with Gasteiger partial charge in [-0.2, -0.15) is 5.10 Å². The minimum atomic E-state index is 0.0555. The van der Waals surface area contributed by atoms with Crippen molar-refractivity contribution in [2.75, 3.05) is 13.1 Å². The van der Waals surface area contributed by atoms with E-state index < -0.39 is 0 Å². The Morgan fingerprint density at radius 1 is 1.00 bits per heavy atom. The lowest BCUT2D eigenvalue weighted by Gasteiger charge is -2.32. The Bertz CT molecular complexity index is 869. The minimum absolute atomic E-state index is 0.0555. The SMILES string of the molecule is O=C(c1ccccc1)N1CCC(Oc2nncc3ccccc23)CC1. The lowest BCUT2D eigenvalue weighted by molar-refractivity contribution is 0.0589. The highest BCUT2D eigenvalue weighted by molar-refractivity contribution is 5.94. The van der Waals surface area contributed by atoms with E-state index in [0.29, 0.717) is 19.0 Å². The molecule has 3 aromatic rings. The van der Waals surface area contributed by atoms with Crippen LogP contribution in [-0.4, -0.2) is 40.2 Å². The lowest BCUT2D eigenvalue weighted by atomic mass is 10.1. The van der Waals surface area contributed by atoms with Gasteiger partial charge in [0.25, 0.3) is 5.91 Å². The van der Waals surface area contributed by atoms with Crippen molar-refractivity contribution in [3.8, 4) is 5.88 Å². The summed E-state index contributed by atoms with van der Waals surface area (Å²) in [4.78, 5) is 14.4. The maximum atomic E-state index is 12.5. The Balaban J connectivity index is 1.41. The van der Waals surface area contributed by atoms with Gasteiger partial charge in [0, 0.05) is 42.3 Å². The van der Waals surface area contributed by atoms with E-state index in [0.717, 1.165) is 29.2 Å². The molecule has 0 aliphatic carbocycles. The molecular formula is C20H19N3O2. The van der Waals surface area contributed by atoms with Crippen LogP contribution < -0.4 is 4.74 Å². The van der Waals surface area contributed by atoms with Crippen molar-refractivity contribution >= 4 is 16.7 Å². The summed E-state index contributed by atoms with van der Waals surface area (Å²) >= 11 is 0. The fourth-order valence-corrected chi connectivity index (χ4v) is 3.19. The van der Waals surface area contributed by atoms with Crippen molar-refractivity contribution in [2.24, 2.45) is 0 Å². The van der Waals surface area contributed by atoms with Crippen molar-refractivity contribution in [3.63, 3.8) is 0 Å². The largest absolute Gasteiger partial charge is 0.473 e. The summed E-state index contributed by atoms with van der Waals surface area (Å²) in [6.45, 7) is 1.38. The van der Waals surface area contributed by atoms with Gasteiger partial charge in [-0.15, -0.1) is 5.10 Å². The molecule has 0 saturated carbocycles. The number of hydrogen-bond donors (Lipinski definition) is 0. The number of rotatable bonds is 3. The lowest BCUT2D eigenvalue weighted by Crippen LogP contribution is -2.41. The first kappa shape index (κ1) is 15.6. The second-order valence-corrected chi connectivity index (χ2v) is 6.21. The first-order valence-corrected chi connectivity index (χ1v) is 8.53. The predicted molar refractivity (Wildman–Crippen MR) is 95.5 cm³/mol. The van der Waals surface area contributed by atoms with Crippen LogP contribution >= 0.6 is 0 Å². The highest BCUT2D eigenvalue weighted by Crippen LogP contribution is 2.25. The number of ether oxygens (including phenoxy) is 1. The Kier molecular flexibility index (Phi) is 4.29. The number of carbonyl (C=O) groups is 1. The number of aromatic nitrogens is 2. The van der Waals surface area contributed by atoms with Crippen LogP contribution in [0, 0.1) is 0 Å². The van der Waals surface area contributed by atoms with Crippen molar-refractivity contribution < 1.29 is 9.53 Å². The standard InChI is InChI=1S/C20H19N3O2/c24-20(15-6-2-1-3-7-15)23-12-10-17(11-13-23)25-19-18-9-5-4-8-16(18)14-21-22-19/h1-9,14,17H,10-13H2. The molecule has 126 valence electrons. The van der Waals surface area contributed by atoms with Crippen LogP contribution in [0.2, 0.25) is 0 Å². The quantitative estimate of drug-likeness (QED) is 0.738. The Morgan fingerprint density at radius 2 is 1.72 bits per heavy atom. The number of amides is 1. The summed E-state index contributed by atoms with van der Waals surface area (Å²) in [6.07, 6.45) is 3.39. The zero-order chi connectivity index (χ0) is 17.1. The molecule has 0 atom stereocenters. The van der Waals surface area contributed by atoms with Gasteiger partial charge >= 0.3 is 0 Å². The summed E-state index contributed by atoms with van der Waals surface area (Å²) in [5.41, 5.74) is 0.738. The number of piperidine rings is 1. The molecule has 1 saturated heterocycles. The second-order valence-electron chi connectivity index (χ2n) is 6.21. The average Bonchev–Trinajstić information content (AvgIpc) is 2.69. The molecule has 0 N–H and O–H groups in total.